The zero-order chi connectivity index (χ0) is 92.7. The maximum absolute atomic E-state index is 13.5. The minimum absolute atomic E-state index is 0.0416. The van der Waals surface area contributed by atoms with Crippen LogP contribution in [0.1, 0.15) is 38.5 Å². The number of benzene rings is 2. The molecule has 712 valence electrons. The number of sulfonamides is 1. The summed E-state index contributed by atoms with van der Waals surface area (Å²) in [6, 6.07) is 9.53. The Balaban J connectivity index is 1.57. The molecule has 0 spiro atoms. The highest BCUT2D eigenvalue weighted by molar-refractivity contribution is 7.89. The zero-order valence-corrected chi connectivity index (χ0v) is 71.4. The summed E-state index contributed by atoms with van der Waals surface area (Å²) in [6.07, 6.45) is -71.9. The summed E-state index contributed by atoms with van der Waals surface area (Å²) in [7, 11) is -84.7. The predicted molar refractivity (Wildman–Crippen MR) is 374 cm³/mol. The van der Waals surface area contributed by atoms with E-state index in [1.54, 1.807) is 43.3 Å². The van der Waals surface area contributed by atoms with Crippen LogP contribution in [0.5, 0.6) is 0 Å². The van der Waals surface area contributed by atoms with E-state index in [-0.39, 0.29) is 50.0 Å². The number of rotatable bonds is 49. The van der Waals surface area contributed by atoms with Gasteiger partial charge < -0.3 is 42.8 Å². The van der Waals surface area contributed by atoms with Crippen molar-refractivity contribution in [3.05, 3.63) is 36.4 Å². The van der Waals surface area contributed by atoms with Crippen LogP contribution in [0.2, 0.25) is 0 Å². The Morgan fingerprint density at radius 3 is 0.885 bits per heavy atom. The van der Waals surface area contributed by atoms with Gasteiger partial charge in [-0.15, -0.1) is 0 Å². The fourth-order valence-corrected chi connectivity index (χ4v) is 18.6. The van der Waals surface area contributed by atoms with E-state index in [9.17, 15) is 177 Å². The molecule has 14 N–H and O–H groups in total. The molecule has 4 saturated heterocycles. The highest BCUT2D eigenvalue weighted by Gasteiger charge is 2.63. The van der Waals surface area contributed by atoms with E-state index in [2.05, 4.69) is 59.1 Å². The van der Waals surface area contributed by atoms with Gasteiger partial charge >= 0.3 is 135 Å². The number of hydrogen-bond donors (Lipinski definition) is 14. The summed E-state index contributed by atoms with van der Waals surface area (Å²) in [4.78, 5) is 1.68. The smallest absolute Gasteiger partial charge is 0.377 e. The van der Waals surface area contributed by atoms with Crippen LogP contribution in [-0.2, 0) is 237 Å². The summed E-state index contributed by atoms with van der Waals surface area (Å²) in [5.74, 6) is 0. The molecule has 0 aliphatic carbocycles. The molecule has 4 heterocycles. The van der Waals surface area contributed by atoms with E-state index in [0.29, 0.717) is 16.5 Å². The molecular weight excluding hydrogens is 2000 g/mol. The van der Waals surface area contributed by atoms with Crippen molar-refractivity contribution in [2.45, 2.75) is 166 Å². The van der Waals surface area contributed by atoms with Crippen molar-refractivity contribution in [2.75, 3.05) is 58.6 Å². The first-order chi connectivity index (χ1) is 55.1. The number of nitrogens with one attached hydrogen (secondary N) is 1. The van der Waals surface area contributed by atoms with Crippen LogP contribution in [0.4, 0.5) is 5.69 Å². The standard InChI is InChI=1S/C44H70N2O62S14/c1-46(2)23-13-9-12-22-21(23)11-10-14-28(22)109(47,48)45-15-7-5-3-4-6-8-16-88-41-37(35(104-118(73,74)75)31(102-116(67,68)69)26(93-41)19-91-112(55,56)57)99-43-39(107-121(82,83)84)34(30(101-115(64,65)66)25(95-43)18-90-111(52,53)54)97-42-38(106-120(79,80)81)33(29(100-114(61,62)63)24(94-42)17-89-110(49,50)51)98-44-40(108-122(85,86)87)36(105-119(76,77)78)32(103-117(70,71)72)27(96-44)20-92-113(58,59)60/h9-14,24-27,29-45H,3-8,15-20H2,1-2H3,(H,49,50,51)(H,52,53,54)(H,55,56,57)(H,58,59,60)(H,61,62,63)(H,64,65,66)(H,67,68,69)(H,70,71,72)(H,73,74,75)(H,76,77,78)(H,79,80,81)(H,82,83,84)(H,85,86,87)/t24-,25-,26-,27-,29-,30-,31-,32-,33+,34+,35+,36+,37+,38+,39+,40+,41+,42-,43-,44-/m1/s1. The lowest BCUT2D eigenvalue weighted by molar-refractivity contribution is -0.383. The summed E-state index contributed by atoms with van der Waals surface area (Å²) < 4.78 is 586. The molecule has 0 amide bonds. The van der Waals surface area contributed by atoms with Gasteiger partial charge in [0.15, 0.2) is 43.5 Å². The average molecular weight is 2070 g/mol. The minimum atomic E-state index is -6.89. The molecular formula is C44H70N2O62S14. The monoisotopic (exact) mass is 2070 g/mol. The van der Waals surface area contributed by atoms with Crippen molar-refractivity contribution in [3.8, 4) is 0 Å². The van der Waals surface area contributed by atoms with Crippen LogP contribution in [0, 0.1) is 0 Å². The van der Waals surface area contributed by atoms with Gasteiger partial charge in [0, 0.05) is 43.7 Å². The fraction of sp³-hybridized carbons (Fsp3) is 0.773. The lowest BCUT2D eigenvalue weighted by Gasteiger charge is -2.51. The van der Waals surface area contributed by atoms with Gasteiger partial charge in [0.2, 0.25) is 10.0 Å². The largest absolute Gasteiger partial charge is 0.397 e. The Bertz CT molecular complexity index is 5670. The second-order valence-electron chi connectivity index (χ2n) is 24.6. The van der Waals surface area contributed by atoms with Crippen molar-refractivity contribution in [3.63, 3.8) is 0 Å². The fourth-order valence-electron chi connectivity index (χ4n) is 11.6. The van der Waals surface area contributed by atoms with Gasteiger partial charge in [-0.1, -0.05) is 49.9 Å². The quantitative estimate of drug-likeness (QED) is 0.0216. The maximum atomic E-state index is 13.5. The van der Waals surface area contributed by atoms with Gasteiger partial charge in [-0.3, -0.25) is 59.2 Å². The zero-order valence-electron chi connectivity index (χ0n) is 60.0. The molecule has 122 heavy (non-hydrogen) atoms. The molecule has 2 aromatic rings. The Morgan fingerprint density at radius 1 is 0.295 bits per heavy atom. The van der Waals surface area contributed by atoms with E-state index >= 15 is 0 Å². The summed E-state index contributed by atoms with van der Waals surface area (Å²) in [6.45, 7) is -10.0. The van der Waals surface area contributed by atoms with Crippen LogP contribution >= 0.6 is 0 Å². The second-order valence-corrected chi connectivity index (χ2v) is 40.2. The van der Waals surface area contributed by atoms with Crippen LogP contribution in [0.15, 0.2) is 41.3 Å². The normalized spacial score (nSPS) is 28.9. The Kier molecular flexibility index (Phi) is 36.6. The first kappa shape index (κ1) is 107. The molecule has 0 aromatic heterocycles. The summed E-state index contributed by atoms with van der Waals surface area (Å²) in [5, 5.41) is 0.969. The molecule has 78 heteroatoms. The molecule has 0 bridgehead atoms. The third-order valence-corrected chi connectivity index (χ3v) is 23.1. The van der Waals surface area contributed by atoms with Crippen LogP contribution in [0.25, 0.3) is 10.8 Å². The van der Waals surface area contributed by atoms with Crippen LogP contribution in [0.3, 0.4) is 0 Å². The highest BCUT2D eigenvalue weighted by Crippen LogP contribution is 2.43. The van der Waals surface area contributed by atoms with Gasteiger partial charge in [-0.05, 0) is 25.0 Å². The van der Waals surface area contributed by atoms with Crippen LogP contribution in [-0.4, -0.2) is 354 Å². The molecule has 6 rings (SSSR count). The highest BCUT2D eigenvalue weighted by atomic mass is 32.3. The van der Waals surface area contributed by atoms with E-state index in [1.807, 2.05) is 0 Å². The van der Waals surface area contributed by atoms with Crippen molar-refractivity contribution in [2.24, 2.45) is 0 Å². The second kappa shape index (κ2) is 41.7. The Morgan fingerprint density at radius 2 is 0.557 bits per heavy atom. The van der Waals surface area contributed by atoms with Gasteiger partial charge in [0.05, 0.1) is 31.3 Å². The summed E-state index contributed by atoms with van der Waals surface area (Å²) in [5.41, 5.74) is 0.688. The average Bonchev–Trinajstić information content (AvgIpc) is 0.731. The molecule has 4 aliphatic heterocycles. The Labute approximate surface area is 692 Å². The van der Waals surface area contributed by atoms with Gasteiger partial charge in [-0.25, -0.2) is 67.5 Å². The number of ether oxygens (including phenoxy) is 8. The van der Waals surface area contributed by atoms with Crippen LogP contribution < -0.4 is 9.62 Å². The lowest BCUT2D eigenvalue weighted by Crippen LogP contribution is -2.70. The third-order valence-electron chi connectivity index (χ3n) is 15.6. The number of unbranched alkanes of at least 4 members (excludes halogenated alkanes) is 5. The molecule has 0 radical (unpaired) electrons. The maximum Gasteiger partial charge on any atom is 0.397 e. The topological polar surface area (TPSA) is 950 Å². The summed E-state index contributed by atoms with van der Waals surface area (Å²) >= 11 is 0. The Hall–Kier alpha value is -3.60. The first-order valence-corrected chi connectivity index (χ1v) is 51.1. The molecule has 4 fully saturated rings. The van der Waals surface area contributed by atoms with Gasteiger partial charge in [0.25, 0.3) is 0 Å². The van der Waals surface area contributed by atoms with E-state index in [4.69, 9.17) is 37.9 Å². The van der Waals surface area contributed by atoms with Gasteiger partial charge in [-0.2, -0.15) is 109 Å². The van der Waals surface area contributed by atoms with Crippen molar-refractivity contribution in [1.29, 1.82) is 0 Å². The first-order valence-electron chi connectivity index (χ1n) is 31.9. The number of nitrogens with zero attached hydrogens (tertiary/aromatic N) is 1. The van der Waals surface area contributed by atoms with E-state index in [0.717, 1.165) is 0 Å². The molecule has 4 aliphatic rings. The number of hydrogen-bond acceptors (Lipinski definition) is 50. The SMILES string of the molecule is CN(C)c1cccc2c(S(=O)(=O)NCCCCCCCCO[C@H]3O[C@H](COS(=O)(=O)O)[C@@H](OS(=O)(=O)O)[C@H](OS(=O)(=O)O)[C@@H]3O[C@H]3O[C@H](COS(=O)(=O)O)[C@@H](OS(=O)(=O)O)[C@H](O[C@H]4O[C@H](COS(=O)(=O)O)[C@@H](OS(=O)(=O)O)[C@H](O[C@H]5O[C@H](COS(=O)(=O)O)[C@@H](OS(=O)(=O)O)[C@H](OS(=O)(=O)O)[C@@H]5OS(=O)(=O)O)[C@@H]4OS(=O)(=O)O)[C@@H]3OS(=O)(=O)O)cccc12. The molecule has 0 saturated carbocycles. The minimum Gasteiger partial charge on any atom is -0.377 e. The number of fused-ring (bicyclic) bond motifs is 1. The van der Waals surface area contributed by atoms with Gasteiger partial charge in [0.1, 0.15) is 79.4 Å². The predicted octanol–water partition coefficient (Wildman–Crippen LogP) is -7.43. The molecule has 64 nitrogen and oxygen atoms in total. The molecule has 20 atom stereocenters. The molecule has 2 aromatic carbocycles. The van der Waals surface area contributed by atoms with E-state index in [1.165, 1.54) is 12.1 Å². The van der Waals surface area contributed by atoms with Crippen molar-refractivity contribution < 1.29 is 269 Å². The van der Waals surface area contributed by atoms with E-state index < -0.39 is 301 Å². The van der Waals surface area contributed by atoms with Crippen molar-refractivity contribution >= 4 is 162 Å². The number of anilines is 1. The molecule has 0 unspecified atom stereocenters. The third kappa shape index (κ3) is 36.7. The van der Waals surface area contributed by atoms with Crippen molar-refractivity contribution in [1.82, 2.24) is 4.72 Å². The lowest BCUT2D eigenvalue weighted by atomic mass is 9.95.